The quantitative estimate of drug-likeness (QED) is 0.744. The van der Waals surface area contributed by atoms with Gasteiger partial charge in [0.25, 0.3) is 0 Å². The summed E-state index contributed by atoms with van der Waals surface area (Å²) in [6.07, 6.45) is 1.92. The van der Waals surface area contributed by atoms with Gasteiger partial charge in [-0.2, -0.15) is 0 Å². The third kappa shape index (κ3) is 1.09. The van der Waals surface area contributed by atoms with E-state index in [0.717, 1.165) is 25.1 Å². The molecule has 13 heavy (non-hydrogen) atoms. The summed E-state index contributed by atoms with van der Waals surface area (Å²) in [4.78, 5) is 10.8. The second-order valence-corrected chi connectivity index (χ2v) is 3.10. The molecule has 1 aliphatic rings. The van der Waals surface area contributed by atoms with Crippen LogP contribution < -0.4 is 4.74 Å². The van der Waals surface area contributed by atoms with Crippen LogP contribution in [0.4, 0.5) is 0 Å². The highest BCUT2D eigenvalue weighted by Crippen LogP contribution is 2.29. The average Bonchev–Trinajstić information content (AvgIpc) is 2.61. The van der Waals surface area contributed by atoms with Crippen molar-refractivity contribution < 1.29 is 14.6 Å². The second kappa shape index (κ2) is 2.80. The van der Waals surface area contributed by atoms with Gasteiger partial charge in [-0.15, -0.1) is 0 Å². The van der Waals surface area contributed by atoms with Crippen LogP contribution in [0.2, 0.25) is 0 Å². The fourth-order valence-corrected chi connectivity index (χ4v) is 1.84. The van der Waals surface area contributed by atoms with Crippen LogP contribution in [0.15, 0.2) is 6.07 Å². The number of nitrogens with zero attached hydrogens (tertiary/aromatic N) is 1. The molecule has 0 amide bonds. The molecular formula is C9H11NO3. The Balaban J connectivity index is 2.54. The molecule has 4 heteroatoms. The van der Waals surface area contributed by atoms with Crippen LogP contribution in [0.25, 0.3) is 0 Å². The van der Waals surface area contributed by atoms with Crippen molar-refractivity contribution in [1.82, 2.24) is 4.57 Å². The number of fused-ring (bicyclic) bond motifs is 1. The molecule has 70 valence electrons. The van der Waals surface area contributed by atoms with Gasteiger partial charge in [0.1, 0.15) is 11.4 Å². The van der Waals surface area contributed by atoms with Gasteiger partial charge in [0.15, 0.2) is 0 Å². The zero-order valence-corrected chi connectivity index (χ0v) is 7.41. The Hall–Kier alpha value is -1.45. The first-order chi connectivity index (χ1) is 6.24. The summed E-state index contributed by atoms with van der Waals surface area (Å²) < 4.78 is 6.92. The van der Waals surface area contributed by atoms with Crippen molar-refractivity contribution in [3.63, 3.8) is 0 Å². The predicted molar refractivity (Wildman–Crippen MR) is 46.3 cm³/mol. The molecule has 2 rings (SSSR count). The van der Waals surface area contributed by atoms with Crippen molar-refractivity contribution in [1.29, 1.82) is 0 Å². The number of hydrogen-bond donors (Lipinski definition) is 1. The van der Waals surface area contributed by atoms with Crippen molar-refractivity contribution in [2.75, 3.05) is 7.11 Å². The lowest BCUT2D eigenvalue weighted by atomic mass is 10.3. The summed E-state index contributed by atoms with van der Waals surface area (Å²) in [6.45, 7) is 0.792. The minimum atomic E-state index is -0.883. The van der Waals surface area contributed by atoms with Gasteiger partial charge in [-0.1, -0.05) is 0 Å². The maximum absolute atomic E-state index is 10.8. The van der Waals surface area contributed by atoms with Gasteiger partial charge in [0.2, 0.25) is 0 Å². The molecule has 4 nitrogen and oxygen atoms in total. The summed E-state index contributed by atoms with van der Waals surface area (Å²) in [7, 11) is 1.57. The summed E-state index contributed by atoms with van der Waals surface area (Å²) in [5.74, 6) is -0.179. The average molecular weight is 181 g/mol. The topological polar surface area (TPSA) is 51.5 Å². The number of methoxy groups -OCH3 is 1. The molecule has 1 aromatic rings. The molecule has 1 N–H and O–H groups in total. The van der Waals surface area contributed by atoms with Gasteiger partial charge in [0.05, 0.1) is 12.8 Å². The largest absolute Gasteiger partial charge is 0.495 e. The molecule has 0 bridgehead atoms. The van der Waals surface area contributed by atoms with E-state index in [1.807, 2.05) is 4.57 Å². The summed E-state index contributed by atoms with van der Waals surface area (Å²) in [5.41, 5.74) is 1.35. The van der Waals surface area contributed by atoms with Gasteiger partial charge in [-0.05, 0) is 12.8 Å². The second-order valence-electron chi connectivity index (χ2n) is 3.10. The molecule has 0 spiro atoms. The number of hydrogen-bond acceptors (Lipinski definition) is 2. The van der Waals surface area contributed by atoms with Crippen LogP contribution in [-0.4, -0.2) is 22.8 Å². The standard InChI is InChI=1S/C9H11NO3/c1-13-8-5-7(9(11)12)10-4-2-3-6(8)10/h5H,2-4H2,1H3,(H,11,12). The third-order valence-electron chi connectivity index (χ3n) is 2.40. The van der Waals surface area contributed by atoms with Crippen LogP contribution in [-0.2, 0) is 13.0 Å². The number of carboxylic acid groups (broad SMARTS) is 1. The Morgan fingerprint density at radius 1 is 1.69 bits per heavy atom. The maximum atomic E-state index is 10.8. The molecule has 2 heterocycles. The molecule has 0 saturated carbocycles. The molecule has 0 atom stereocenters. The lowest BCUT2D eigenvalue weighted by Gasteiger charge is -1.99. The molecule has 0 saturated heterocycles. The van der Waals surface area contributed by atoms with E-state index in [9.17, 15) is 4.79 Å². The van der Waals surface area contributed by atoms with E-state index < -0.39 is 5.97 Å². The molecule has 0 aliphatic carbocycles. The third-order valence-corrected chi connectivity index (χ3v) is 2.40. The lowest BCUT2D eigenvalue weighted by Crippen LogP contribution is -2.05. The molecule has 0 aromatic carbocycles. The first-order valence-electron chi connectivity index (χ1n) is 4.23. The highest BCUT2D eigenvalue weighted by atomic mass is 16.5. The number of aromatic carboxylic acids is 1. The monoisotopic (exact) mass is 181 g/mol. The highest BCUT2D eigenvalue weighted by molar-refractivity contribution is 5.87. The lowest BCUT2D eigenvalue weighted by molar-refractivity contribution is 0.0685. The van der Waals surface area contributed by atoms with E-state index in [4.69, 9.17) is 9.84 Å². The first-order valence-corrected chi connectivity index (χ1v) is 4.23. The van der Waals surface area contributed by atoms with Gasteiger partial charge >= 0.3 is 5.97 Å². The molecule has 0 unspecified atom stereocenters. The SMILES string of the molecule is COc1cc(C(=O)O)n2c1CCC2. The number of rotatable bonds is 2. The van der Waals surface area contributed by atoms with Crippen molar-refractivity contribution in [2.45, 2.75) is 19.4 Å². The van der Waals surface area contributed by atoms with E-state index >= 15 is 0 Å². The fourth-order valence-electron chi connectivity index (χ4n) is 1.84. The Morgan fingerprint density at radius 3 is 3.08 bits per heavy atom. The van der Waals surface area contributed by atoms with E-state index in [1.165, 1.54) is 0 Å². The Morgan fingerprint density at radius 2 is 2.46 bits per heavy atom. The summed E-state index contributed by atoms with van der Waals surface area (Å²) in [5, 5.41) is 8.88. The smallest absolute Gasteiger partial charge is 0.352 e. The number of carbonyl (C=O) groups is 1. The predicted octanol–water partition coefficient (Wildman–Crippen LogP) is 1.14. The van der Waals surface area contributed by atoms with Crippen molar-refractivity contribution in [3.05, 3.63) is 17.5 Å². The van der Waals surface area contributed by atoms with E-state index in [1.54, 1.807) is 13.2 Å². The normalized spacial score (nSPS) is 14.2. The van der Waals surface area contributed by atoms with Crippen molar-refractivity contribution in [3.8, 4) is 5.75 Å². The summed E-state index contributed by atoms with van der Waals surface area (Å²) in [6, 6.07) is 1.59. The van der Waals surface area contributed by atoms with Crippen LogP contribution in [0.3, 0.4) is 0 Å². The van der Waals surface area contributed by atoms with E-state index in [2.05, 4.69) is 0 Å². The van der Waals surface area contributed by atoms with Crippen LogP contribution >= 0.6 is 0 Å². The Labute approximate surface area is 75.7 Å². The van der Waals surface area contributed by atoms with E-state index in [0.29, 0.717) is 11.4 Å². The number of carboxylic acids is 1. The highest BCUT2D eigenvalue weighted by Gasteiger charge is 2.23. The Kier molecular flexibility index (Phi) is 1.76. The van der Waals surface area contributed by atoms with Crippen LogP contribution in [0.5, 0.6) is 5.75 Å². The maximum Gasteiger partial charge on any atom is 0.352 e. The van der Waals surface area contributed by atoms with E-state index in [-0.39, 0.29) is 0 Å². The molecule has 1 aliphatic heterocycles. The molecular weight excluding hydrogens is 170 g/mol. The minimum Gasteiger partial charge on any atom is -0.495 e. The Bertz CT molecular complexity index is 354. The molecule has 0 radical (unpaired) electrons. The van der Waals surface area contributed by atoms with Gasteiger partial charge in [-0.3, -0.25) is 0 Å². The van der Waals surface area contributed by atoms with Gasteiger partial charge in [-0.25, -0.2) is 4.79 Å². The van der Waals surface area contributed by atoms with Crippen molar-refractivity contribution >= 4 is 5.97 Å². The number of ether oxygens (including phenoxy) is 1. The number of aromatic nitrogens is 1. The minimum absolute atomic E-state index is 0.337. The zero-order chi connectivity index (χ0) is 9.42. The van der Waals surface area contributed by atoms with Gasteiger partial charge in [0, 0.05) is 12.6 Å². The summed E-state index contributed by atoms with van der Waals surface area (Å²) >= 11 is 0. The zero-order valence-electron chi connectivity index (χ0n) is 7.41. The molecule has 1 aromatic heterocycles. The molecule has 0 fully saturated rings. The van der Waals surface area contributed by atoms with Crippen LogP contribution in [0.1, 0.15) is 22.6 Å². The van der Waals surface area contributed by atoms with Gasteiger partial charge < -0.3 is 14.4 Å². The first kappa shape index (κ1) is 8.16. The fraction of sp³-hybridized carbons (Fsp3) is 0.444. The van der Waals surface area contributed by atoms with Crippen molar-refractivity contribution in [2.24, 2.45) is 0 Å². The van der Waals surface area contributed by atoms with Crippen LogP contribution in [0, 0.1) is 0 Å².